The van der Waals surface area contributed by atoms with Gasteiger partial charge in [0.15, 0.2) is 5.78 Å². The lowest BCUT2D eigenvalue weighted by molar-refractivity contribution is 0.101. The van der Waals surface area contributed by atoms with Gasteiger partial charge < -0.3 is 4.42 Å². The topological polar surface area (TPSA) is 70.8 Å². The Balaban J connectivity index is 1.68. The van der Waals surface area contributed by atoms with Crippen LogP contribution in [-0.2, 0) is 16.6 Å². The summed E-state index contributed by atoms with van der Waals surface area (Å²) >= 11 is 0. The van der Waals surface area contributed by atoms with Crippen LogP contribution in [0.5, 0.6) is 0 Å². The predicted octanol–water partition coefficient (Wildman–Crippen LogP) is 1.99. The van der Waals surface area contributed by atoms with Gasteiger partial charge in [0, 0.05) is 31.7 Å². The van der Waals surface area contributed by atoms with Gasteiger partial charge in [0.1, 0.15) is 5.76 Å². The first-order chi connectivity index (χ1) is 11.5. The Kier molecular flexibility index (Phi) is 4.84. The molecule has 3 rings (SSSR count). The van der Waals surface area contributed by atoms with E-state index in [4.69, 9.17) is 4.42 Å². The van der Waals surface area contributed by atoms with Crippen molar-refractivity contribution in [1.29, 1.82) is 0 Å². The van der Waals surface area contributed by atoms with Crippen molar-refractivity contribution in [1.82, 2.24) is 9.21 Å². The largest absolute Gasteiger partial charge is 0.468 e. The van der Waals surface area contributed by atoms with Crippen molar-refractivity contribution < 1.29 is 17.6 Å². The first-order valence-corrected chi connectivity index (χ1v) is 9.27. The number of ketones is 1. The molecule has 0 unspecified atom stereocenters. The van der Waals surface area contributed by atoms with E-state index in [1.165, 1.54) is 23.4 Å². The standard InChI is InChI=1S/C17H20N2O4S/c1-14(20)15-4-2-6-17(12-15)24(21,22)19-9-7-18(8-10-19)13-16-5-3-11-23-16/h2-6,11-12H,7-10,13H2,1H3. The molecule has 0 radical (unpaired) electrons. The van der Waals surface area contributed by atoms with Crippen LogP contribution in [0.3, 0.4) is 0 Å². The van der Waals surface area contributed by atoms with E-state index in [9.17, 15) is 13.2 Å². The number of hydrogen-bond acceptors (Lipinski definition) is 5. The zero-order valence-corrected chi connectivity index (χ0v) is 14.3. The number of hydrogen-bond donors (Lipinski definition) is 0. The van der Waals surface area contributed by atoms with Gasteiger partial charge in [0.05, 0.1) is 17.7 Å². The Bertz CT molecular complexity index is 807. The molecular formula is C17H20N2O4S. The number of benzene rings is 1. The zero-order valence-electron chi connectivity index (χ0n) is 13.5. The van der Waals surface area contributed by atoms with Gasteiger partial charge in [-0.2, -0.15) is 4.31 Å². The summed E-state index contributed by atoms with van der Waals surface area (Å²) in [5, 5.41) is 0. The van der Waals surface area contributed by atoms with Crippen molar-refractivity contribution in [2.75, 3.05) is 26.2 Å². The molecule has 0 spiro atoms. The Hall–Kier alpha value is -1.96. The molecule has 6 nitrogen and oxygen atoms in total. The van der Waals surface area contributed by atoms with Gasteiger partial charge in [-0.25, -0.2) is 8.42 Å². The monoisotopic (exact) mass is 348 g/mol. The number of Topliss-reactive ketones (excluding diaryl/α,β-unsaturated/α-hetero) is 1. The highest BCUT2D eigenvalue weighted by atomic mass is 32.2. The Morgan fingerprint density at radius 2 is 1.88 bits per heavy atom. The molecule has 0 saturated carbocycles. The van der Waals surface area contributed by atoms with Crippen molar-refractivity contribution >= 4 is 15.8 Å². The second kappa shape index (κ2) is 6.88. The van der Waals surface area contributed by atoms with Crippen molar-refractivity contribution in [3.05, 3.63) is 54.0 Å². The molecule has 1 aromatic carbocycles. The summed E-state index contributed by atoms with van der Waals surface area (Å²) < 4.78 is 32.3. The summed E-state index contributed by atoms with van der Waals surface area (Å²) in [5.41, 5.74) is 0.410. The molecule has 0 N–H and O–H groups in total. The molecule has 0 aliphatic carbocycles. The second-order valence-electron chi connectivity index (χ2n) is 5.84. The van der Waals surface area contributed by atoms with E-state index < -0.39 is 10.0 Å². The summed E-state index contributed by atoms with van der Waals surface area (Å²) in [4.78, 5) is 13.8. The number of carbonyl (C=O) groups is 1. The highest BCUT2D eigenvalue weighted by Crippen LogP contribution is 2.20. The lowest BCUT2D eigenvalue weighted by Crippen LogP contribution is -2.48. The Morgan fingerprint density at radius 1 is 1.12 bits per heavy atom. The molecule has 2 heterocycles. The maximum absolute atomic E-state index is 12.8. The third-order valence-electron chi connectivity index (χ3n) is 4.17. The van der Waals surface area contributed by atoms with Crippen molar-refractivity contribution in [2.45, 2.75) is 18.4 Å². The maximum atomic E-state index is 12.8. The minimum Gasteiger partial charge on any atom is -0.468 e. The molecule has 24 heavy (non-hydrogen) atoms. The van der Waals surface area contributed by atoms with E-state index in [0.717, 1.165) is 5.76 Å². The summed E-state index contributed by atoms with van der Waals surface area (Å²) in [6, 6.07) is 9.98. The fourth-order valence-corrected chi connectivity index (χ4v) is 4.24. The molecule has 2 aromatic rings. The van der Waals surface area contributed by atoms with Crippen LogP contribution in [0.15, 0.2) is 52.0 Å². The van der Waals surface area contributed by atoms with Crippen molar-refractivity contribution in [2.24, 2.45) is 0 Å². The number of rotatable bonds is 5. The van der Waals surface area contributed by atoms with Crippen LogP contribution < -0.4 is 0 Å². The minimum absolute atomic E-state index is 0.143. The fraction of sp³-hybridized carbons (Fsp3) is 0.353. The van der Waals surface area contributed by atoms with E-state index in [2.05, 4.69) is 4.90 Å². The SMILES string of the molecule is CC(=O)c1cccc(S(=O)(=O)N2CCN(Cc3ccco3)CC2)c1. The first-order valence-electron chi connectivity index (χ1n) is 7.83. The average molecular weight is 348 g/mol. The summed E-state index contributed by atoms with van der Waals surface area (Å²) in [6.07, 6.45) is 1.64. The normalized spacial score (nSPS) is 17.0. The summed E-state index contributed by atoms with van der Waals surface area (Å²) in [6.45, 7) is 4.25. The van der Waals surface area contributed by atoms with Gasteiger partial charge in [-0.1, -0.05) is 12.1 Å². The molecule has 1 saturated heterocycles. The van der Waals surface area contributed by atoms with Gasteiger partial charge in [0.2, 0.25) is 10.0 Å². The van der Waals surface area contributed by atoms with E-state index in [0.29, 0.717) is 38.3 Å². The quantitative estimate of drug-likeness (QED) is 0.773. The van der Waals surface area contributed by atoms with Crippen LogP contribution in [0.4, 0.5) is 0 Å². The third kappa shape index (κ3) is 3.58. The van der Waals surface area contributed by atoms with Crippen LogP contribution >= 0.6 is 0 Å². The summed E-state index contributed by atoms with van der Waals surface area (Å²) in [7, 11) is -3.57. The Labute approximate surface area is 141 Å². The summed E-state index contributed by atoms with van der Waals surface area (Å²) in [5.74, 6) is 0.732. The predicted molar refractivity (Wildman–Crippen MR) is 89.2 cm³/mol. The minimum atomic E-state index is -3.57. The molecule has 128 valence electrons. The maximum Gasteiger partial charge on any atom is 0.243 e. The molecule has 0 atom stereocenters. The molecule has 0 amide bonds. The highest BCUT2D eigenvalue weighted by Gasteiger charge is 2.29. The molecule has 1 aliphatic heterocycles. The lowest BCUT2D eigenvalue weighted by atomic mass is 10.2. The molecule has 1 aliphatic rings. The van der Waals surface area contributed by atoms with E-state index in [1.807, 2.05) is 12.1 Å². The molecule has 7 heteroatoms. The number of nitrogens with zero attached hydrogens (tertiary/aromatic N) is 2. The second-order valence-corrected chi connectivity index (χ2v) is 7.78. The van der Waals surface area contributed by atoms with Gasteiger partial charge >= 0.3 is 0 Å². The van der Waals surface area contributed by atoms with E-state index in [1.54, 1.807) is 18.4 Å². The number of furan rings is 1. The number of sulfonamides is 1. The van der Waals surface area contributed by atoms with Crippen LogP contribution in [-0.4, -0.2) is 49.6 Å². The van der Waals surface area contributed by atoms with Gasteiger partial charge in [-0.3, -0.25) is 9.69 Å². The molecular weight excluding hydrogens is 328 g/mol. The zero-order chi connectivity index (χ0) is 17.2. The number of piperazine rings is 1. The molecule has 1 aromatic heterocycles. The fourth-order valence-electron chi connectivity index (χ4n) is 2.78. The van der Waals surface area contributed by atoms with Crippen LogP contribution in [0.2, 0.25) is 0 Å². The van der Waals surface area contributed by atoms with Gasteiger partial charge in [-0.15, -0.1) is 0 Å². The lowest BCUT2D eigenvalue weighted by Gasteiger charge is -2.33. The van der Waals surface area contributed by atoms with Gasteiger partial charge in [0.25, 0.3) is 0 Å². The van der Waals surface area contributed by atoms with Crippen LogP contribution in [0.25, 0.3) is 0 Å². The van der Waals surface area contributed by atoms with E-state index in [-0.39, 0.29) is 10.7 Å². The molecule has 0 bridgehead atoms. The van der Waals surface area contributed by atoms with Gasteiger partial charge in [-0.05, 0) is 31.2 Å². The van der Waals surface area contributed by atoms with Crippen LogP contribution in [0.1, 0.15) is 23.0 Å². The van der Waals surface area contributed by atoms with Crippen LogP contribution in [0, 0.1) is 0 Å². The molecule has 1 fully saturated rings. The average Bonchev–Trinajstić information content (AvgIpc) is 3.08. The van der Waals surface area contributed by atoms with Crippen molar-refractivity contribution in [3.8, 4) is 0 Å². The van der Waals surface area contributed by atoms with E-state index >= 15 is 0 Å². The third-order valence-corrected chi connectivity index (χ3v) is 6.06. The first kappa shape index (κ1) is 16.9. The number of carbonyl (C=O) groups excluding carboxylic acids is 1. The van der Waals surface area contributed by atoms with Crippen molar-refractivity contribution in [3.63, 3.8) is 0 Å². The Morgan fingerprint density at radius 3 is 2.50 bits per heavy atom. The smallest absolute Gasteiger partial charge is 0.243 e. The highest BCUT2D eigenvalue weighted by molar-refractivity contribution is 7.89.